The van der Waals surface area contributed by atoms with Crippen LogP contribution in [0.1, 0.15) is 57.4 Å². The van der Waals surface area contributed by atoms with Gasteiger partial charge >= 0.3 is 5.92 Å². The average molecular weight is 323 g/mol. The van der Waals surface area contributed by atoms with E-state index in [1.165, 1.54) is 10.5 Å². The van der Waals surface area contributed by atoms with Gasteiger partial charge in [-0.05, 0) is 56.9 Å². The highest BCUT2D eigenvalue weighted by atomic mass is 19.3. The van der Waals surface area contributed by atoms with Gasteiger partial charge in [0.1, 0.15) is 0 Å². The molecule has 23 heavy (non-hydrogen) atoms. The van der Waals surface area contributed by atoms with Gasteiger partial charge in [-0.1, -0.05) is 30.3 Å². The number of rotatable bonds is 6. The summed E-state index contributed by atoms with van der Waals surface area (Å²) in [6.07, 6.45) is 3.12. The number of amides is 1. The molecule has 0 radical (unpaired) electrons. The molecule has 2 nitrogen and oxygen atoms in total. The van der Waals surface area contributed by atoms with E-state index in [0.717, 1.165) is 25.7 Å². The molecule has 0 spiro atoms. The number of hydrogen-bond donors (Lipinski definition) is 0. The lowest BCUT2D eigenvalue weighted by Gasteiger charge is -2.32. The fourth-order valence-corrected chi connectivity index (χ4v) is 3.62. The van der Waals surface area contributed by atoms with Gasteiger partial charge in [0, 0.05) is 19.5 Å². The zero-order chi connectivity index (χ0) is 16.9. The predicted octanol–water partition coefficient (Wildman–Crippen LogP) is 4.85. The van der Waals surface area contributed by atoms with Gasteiger partial charge in [0.25, 0.3) is 5.91 Å². The molecular weight excluding hydrogens is 296 g/mol. The summed E-state index contributed by atoms with van der Waals surface area (Å²) in [5.74, 6) is -3.81. The molecule has 1 fully saturated rings. The van der Waals surface area contributed by atoms with Crippen LogP contribution in [-0.2, 0) is 4.79 Å². The minimum Gasteiger partial charge on any atom is -0.338 e. The average Bonchev–Trinajstić information content (AvgIpc) is 2.57. The van der Waals surface area contributed by atoms with E-state index in [9.17, 15) is 13.6 Å². The summed E-state index contributed by atoms with van der Waals surface area (Å²) < 4.78 is 28.5. The first-order valence-corrected chi connectivity index (χ1v) is 8.70. The van der Waals surface area contributed by atoms with Crippen molar-refractivity contribution in [2.24, 2.45) is 5.92 Å². The maximum absolute atomic E-state index is 14.3. The smallest absolute Gasteiger partial charge is 0.325 e. The number of hydrogen-bond acceptors (Lipinski definition) is 1. The molecule has 0 unspecified atom stereocenters. The molecule has 1 aliphatic rings. The number of nitrogens with zero attached hydrogens (tertiary/aromatic N) is 1. The van der Waals surface area contributed by atoms with Gasteiger partial charge in [-0.3, -0.25) is 4.79 Å². The van der Waals surface area contributed by atoms with Crippen LogP contribution in [-0.4, -0.2) is 29.8 Å². The second-order valence-corrected chi connectivity index (χ2v) is 6.51. The van der Waals surface area contributed by atoms with Crippen molar-refractivity contribution in [3.63, 3.8) is 0 Å². The molecule has 0 aromatic heterocycles. The van der Waals surface area contributed by atoms with E-state index in [1.807, 2.05) is 18.2 Å². The van der Waals surface area contributed by atoms with Crippen molar-refractivity contribution < 1.29 is 13.6 Å². The third-order valence-corrected chi connectivity index (χ3v) is 5.03. The molecule has 4 heteroatoms. The number of carbonyl (C=O) groups excluding carboxylic acids is 1. The molecule has 1 aromatic carbocycles. The zero-order valence-corrected chi connectivity index (χ0v) is 14.1. The second-order valence-electron chi connectivity index (χ2n) is 6.51. The van der Waals surface area contributed by atoms with Crippen LogP contribution in [0.5, 0.6) is 0 Å². The number of carbonyl (C=O) groups is 1. The van der Waals surface area contributed by atoms with Crippen molar-refractivity contribution in [3.8, 4) is 0 Å². The minimum atomic E-state index is -3.23. The van der Waals surface area contributed by atoms with Crippen molar-refractivity contribution in [3.05, 3.63) is 35.9 Å². The molecule has 0 bridgehead atoms. The Morgan fingerprint density at radius 2 is 1.65 bits per heavy atom. The highest BCUT2D eigenvalue weighted by molar-refractivity contribution is 5.83. The zero-order valence-electron chi connectivity index (χ0n) is 14.1. The van der Waals surface area contributed by atoms with Crippen LogP contribution < -0.4 is 0 Å². The number of benzene rings is 1. The SMILES string of the molecule is CCN(CC)C(=O)C(F)(F)CC1CCC(c2ccccc2)CC1. The molecule has 1 aromatic rings. The molecule has 2 rings (SSSR count). The van der Waals surface area contributed by atoms with Gasteiger partial charge in [-0.2, -0.15) is 8.78 Å². The highest BCUT2D eigenvalue weighted by Crippen LogP contribution is 2.40. The lowest BCUT2D eigenvalue weighted by Crippen LogP contribution is -2.44. The first-order valence-electron chi connectivity index (χ1n) is 8.70. The summed E-state index contributed by atoms with van der Waals surface area (Å²) in [6, 6.07) is 10.3. The molecule has 0 heterocycles. The fourth-order valence-electron chi connectivity index (χ4n) is 3.62. The number of alkyl halides is 2. The Labute approximate surface area is 137 Å². The molecule has 1 saturated carbocycles. The van der Waals surface area contributed by atoms with Gasteiger partial charge in [-0.25, -0.2) is 0 Å². The van der Waals surface area contributed by atoms with Gasteiger partial charge in [-0.15, -0.1) is 0 Å². The first kappa shape index (κ1) is 17.9. The van der Waals surface area contributed by atoms with Crippen LogP contribution in [0.25, 0.3) is 0 Å². The van der Waals surface area contributed by atoms with Gasteiger partial charge < -0.3 is 4.90 Å². The van der Waals surface area contributed by atoms with Crippen LogP contribution in [0, 0.1) is 5.92 Å². The molecule has 1 amide bonds. The Morgan fingerprint density at radius 1 is 1.09 bits per heavy atom. The van der Waals surface area contributed by atoms with Crippen LogP contribution in [0.3, 0.4) is 0 Å². The highest BCUT2D eigenvalue weighted by Gasteiger charge is 2.43. The third kappa shape index (κ3) is 4.52. The summed E-state index contributed by atoms with van der Waals surface area (Å²) in [6.45, 7) is 4.16. The Bertz CT molecular complexity index is 491. The van der Waals surface area contributed by atoms with Crippen LogP contribution in [0.4, 0.5) is 8.78 Å². The summed E-state index contributed by atoms with van der Waals surface area (Å²) in [5.41, 5.74) is 1.30. The van der Waals surface area contributed by atoms with Crippen molar-refractivity contribution in [1.82, 2.24) is 4.90 Å². The predicted molar refractivity (Wildman–Crippen MR) is 88.6 cm³/mol. The monoisotopic (exact) mass is 323 g/mol. The van der Waals surface area contributed by atoms with E-state index in [-0.39, 0.29) is 12.3 Å². The molecule has 128 valence electrons. The Balaban J connectivity index is 1.89. The van der Waals surface area contributed by atoms with E-state index in [2.05, 4.69) is 12.1 Å². The summed E-state index contributed by atoms with van der Waals surface area (Å²) >= 11 is 0. The third-order valence-electron chi connectivity index (χ3n) is 5.03. The molecule has 0 atom stereocenters. The summed E-state index contributed by atoms with van der Waals surface area (Å²) in [5, 5.41) is 0. The minimum absolute atomic E-state index is 0.0514. The van der Waals surface area contributed by atoms with E-state index in [4.69, 9.17) is 0 Å². The Morgan fingerprint density at radius 3 is 2.17 bits per heavy atom. The lowest BCUT2D eigenvalue weighted by molar-refractivity contribution is -0.160. The Hall–Kier alpha value is -1.45. The quantitative estimate of drug-likeness (QED) is 0.732. The number of halogens is 2. The van der Waals surface area contributed by atoms with Gasteiger partial charge in [0.2, 0.25) is 0 Å². The topological polar surface area (TPSA) is 20.3 Å². The van der Waals surface area contributed by atoms with E-state index < -0.39 is 11.8 Å². The fraction of sp³-hybridized carbons (Fsp3) is 0.632. The molecule has 0 saturated heterocycles. The van der Waals surface area contributed by atoms with E-state index in [1.54, 1.807) is 13.8 Å². The largest absolute Gasteiger partial charge is 0.338 e. The lowest BCUT2D eigenvalue weighted by atomic mass is 9.76. The Kier molecular flexibility index (Phi) is 6.14. The van der Waals surface area contributed by atoms with Crippen LogP contribution in [0.15, 0.2) is 30.3 Å². The second kappa shape index (κ2) is 7.89. The van der Waals surface area contributed by atoms with Gasteiger partial charge in [0.15, 0.2) is 0 Å². The maximum Gasteiger partial charge on any atom is 0.325 e. The molecule has 1 aliphatic carbocycles. The normalized spacial score (nSPS) is 21.9. The van der Waals surface area contributed by atoms with Crippen LogP contribution >= 0.6 is 0 Å². The molecule has 0 N–H and O–H groups in total. The van der Waals surface area contributed by atoms with Crippen molar-refractivity contribution in [1.29, 1.82) is 0 Å². The van der Waals surface area contributed by atoms with Crippen LogP contribution in [0.2, 0.25) is 0 Å². The molecular formula is C19H27F2NO. The molecule has 0 aliphatic heterocycles. The van der Waals surface area contributed by atoms with E-state index >= 15 is 0 Å². The van der Waals surface area contributed by atoms with Crippen molar-refractivity contribution in [2.75, 3.05) is 13.1 Å². The van der Waals surface area contributed by atoms with E-state index in [0.29, 0.717) is 19.0 Å². The summed E-state index contributed by atoms with van der Waals surface area (Å²) in [7, 11) is 0. The summed E-state index contributed by atoms with van der Waals surface area (Å²) in [4.78, 5) is 13.2. The standard InChI is InChI=1S/C19H27F2NO/c1-3-22(4-2)18(23)19(20,21)14-15-10-12-17(13-11-15)16-8-6-5-7-9-16/h5-9,15,17H,3-4,10-14H2,1-2H3. The maximum atomic E-state index is 14.3. The van der Waals surface area contributed by atoms with Crippen molar-refractivity contribution in [2.45, 2.75) is 57.8 Å². The van der Waals surface area contributed by atoms with Gasteiger partial charge in [0.05, 0.1) is 0 Å². The first-order chi connectivity index (χ1) is 11.0. The van der Waals surface area contributed by atoms with Crippen molar-refractivity contribution >= 4 is 5.91 Å².